The van der Waals surface area contributed by atoms with Gasteiger partial charge in [-0.25, -0.2) is 0 Å². The van der Waals surface area contributed by atoms with Crippen molar-refractivity contribution < 1.29 is 13.9 Å². The summed E-state index contributed by atoms with van der Waals surface area (Å²) in [5.74, 6) is 1.83. The minimum atomic E-state index is -1.54. The molecule has 0 N–H and O–H groups in total. The molecular weight excluding hydrogens is 233 g/mol. The van der Waals surface area contributed by atoms with Crippen molar-refractivity contribution in [3.63, 3.8) is 0 Å². The predicted molar refractivity (Wildman–Crippen MR) is 75.2 cm³/mol. The van der Waals surface area contributed by atoms with Crippen LogP contribution in [0.5, 0.6) is 0 Å². The molecule has 0 bridgehead atoms. The van der Waals surface area contributed by atoms with Crippen molar-refractivity contribution in [2.45, 2.75) is 45.4 Å². The minimum absolute atomic E-state index is 0.574. The van der Waals surface area contributed by atoms with Gasteiger partial charge in [-0.15, -0.1) is 0 Å². The summed E-state index contributed by atoms with van der Waals surface area (Å²) in [7, 11) is 4.77. The molecule has 0 saturated heterocycles. The van der Waals surface area contributed by atoms with E-state index in [9.17, 15) is 4.89 Å². The number of nitrogens with zero attached hydrogens (tertiary/aromatic N) is 1. The SMILES string of the molecule is CCCCCCCC=[P+]([O-])OCC[N+](C)(C)C. The molecule has 0 aromatic rings. The number of quaternary nitrogens is 1. The van der Waals surface area contributed by atoms with Gasteiger partial charge in [0.05, 0.1) is 21.1 Å². The van der Waals surface area contributed by atoms with Crippen LogP contribution in [0.25, 0.3) is 0 Å². The highest BCUT2D eigenvalue weighted by Crippen LogP contribution is 2.14. The molecule has 1 atom stereocenters. The summed E-state index contributed by atoms with van der Waals surface area (Å²) in [6.45, 7) is 3.68. The zero-order chi connectivity index (χ0) is 13.1. The first-order valence-electron chi connectivity index (χ1n) is 6.69. The number of hydrogen-bond donors (Lipinski definition) is 0. The number of rotatable bonds is 10. The summed E-state index contributed by atoms with van der Waals surface area (Å²) < 4.78 is 6.13. The largest absolute Gasteiger partial charge is 0.603 e. The number of unbranched alkanes of at least 4 members (excludes halogenated alkanes) is 5. The van der Waals surface area contributed by atoms with E-state index in [1.807, 2.05) is 5.80 Å². The van der Waals surface area contributed by atoms with Gasteiger partial charge in [0.15, 0.2) is 0 Å². The van der Waals surface area contributed by atoms with E-state index in [0.29, 0.717) is 6.61 Å². The summed E-state index contributed by atoms with van der Waals surface area (Å²) in [5, 5.41) is 0. The molecule has 4 heteroatoms. The van der Waals surface area contributed by atoms with Crippen molar-refractivity contribution >= 4 is 13.8 Å². The van der Waals surface area contributed by atoms with Gasteiger partial charge < -0.3 is 9.38 Å². The maximum absolute atomic E-state index is 11.5. The minimum Gasteiger partial charge on any atom is -0.603 e. The monoisotopic (exact) mass is 262 g/mol. The molecule has 0 heterocycles. The van der Waals surface area contributed by atoms with Gasteiger partial charge in [0.2, 0.25) is 8.00 Å². The zero-order valence-electron chi connectivity index (χ0n) is 11.9. The van der Waals surface area contributed by atoms with Crippen LogP contribution in [0.2, 0.25) is 0 Å². The van der Waals surface area contributed by atoms with Gasteiger partial charge in [-0.2, -0.15) is 4.52 Å². The molecule has 0 aromatic carbocycles. The van der Waals surface area contributed by atoms with Gasteiger partial charge in [-0.1, -0.05) is 32.6 Å². The second-order valence-electron chi connectivity index (χ2n) is 5.52. The first-order valence-corrected chi connectivity index (χ1v) is 7.93. The van der Waals surface area contributed by atoms with Crippen LogP contribution < -0.4 is 4.89 Å². The maximum Gasteiger partial charge on any atom is 0.217 e. The van der Waals surface area contributed by atoms with E-state index in [0.717, 1.165) is 23.9 Å². The summed E-state index contributed by atoms with van der Waals surface area (Å²) in [6.07, 6.45) is 7.18. The summed E-state index contributed by atoms with van der Waals surface area (Å²) in [5.41, 5.74) is 0. The molecule has 3 nitrogen and oxygen atoms in total. The summed E-state index contributed by atoms with van der Waals surface area (Å²) in [6, 6.07) is 0. The Labute approximate surface area is 108 Å². The molecule has 102 valence electrons. The molecular formula is C13H29NO2P+. The highest BCUT2D eigenvalue weighted by molar-refractivity contribution is 7.44. The molecule has 0 aliphatic heterocycles. The predicted octanol–water partition coefficient (Wildman–Crippen LogP) is 2.54. The lowest BCUT2D eigenvalue weighted by atomic mass is 10.1. The quantitative estimate of drug-likeness (QED) is 0.344. The lowest BCUT2D eigenvalue weighted by molar-refractivity contribution is -0.870. The van der Waals surface area contributed by atoms with Crippen LogP contribution in [0.4, 0.5) is 0 Å². The van der Waals surface area contributed by atoms with Crippen LogP contribution in [-0.2, 0) is 4.52 Å². The first kappa shape index (κ1) is 17.1. The maximum atomic E-state index is 11.5. The fourth-order valence-electron chi connectivity index (χ4n) is 1.40. The van der Waals surface area contributed by atoms with E-state index >= 15 is 0 Å². The van der Waals surface area contributed by atoms with Crippen LogP contribution in [0, 0.1) is 0 Å². The van der Waals surface area contributed by atoms with E-state index in [2.05, 4.69) is 28.1 Å². The fraction of sp³-hybridized carbons (Fsp3) is 0.923. The van der Waals surface area contributed by atoms with Crippen molar-refractivity contribution in [1.29, 1.82) is 0 Å². The van der Waals surface area contributed by atoms with Crippen LogP contribution in [0.15, 0.2) is 0 Å². The average Bonchev–Trinajstić information content (AvgIpc) is 2.21. The summed E-state index contributed by atoms with van der Waals surface area (Å²) >= 11 is 0. The Morgan fingerprint density at radius 1 is 1.12 bits per heavy atom. The van der Waals surface area contributed by atoms with Gasteiger partial charge >= 0.3 is 0 Å². The van der Waals surface area contributed by atoms with E-state index in [1.165, 1.54) is 25.7 Å². The highest BCUT2D eigenvalue weighted by atomic mass is 31.1. The molecule has 0 aromatic heterocycles. The van der Waals surface area contributed by atoms with Gasteiger partial charge in [0.1, 0.15) is 18.9 Å². The topological polar surface area (TPSA) is 32.3 Å². The van der Waals surface area contributed by atoms with Crippen molar-refractivity contribution in [2.75, 3.05) is 34.3 Å². The Kier molecular flexibility index (Phi) is 10.0. The highest BCUT2D eigenvalue weighted by Gasteiger charge is 2.08. The van der Waals surface area contributed by atoms with Gasteiger partial charge in [-0.3, -0.25) is 0 Å². The molecule has 0 spiro atoms. The normalized spacial score (nSPS) is 13.1. The Morgan fingerprint density at radius 2 is 1.76 bits per heavy atom. The van der Waals surface area contributed by atoms with Gasteiger partial charge in [0.25, 0.3) is 0 Å². The van der Waals surface area contributed by atoms with E-state index in [-0.39, 0.29) is 0 Å². The fourth-order valence-corrected chi connectivity index (χ4v) is 2.16. The van der Waals surface area contributed by atoms with Gasteiger partial charge in [-0.05, 0) is 6.42 Å². The first-order chi connectivity index (χ1) is 7.95. The smallest absolute Gasteiger partial charge is 0.217 e. The van der Waals surface area contributed by atoms with E-state index in [4.69, 9.17) is 4.52 Å². The molecule has 17 heavy (non-hydrogen) atoms. The molecule has 0 radical (unpaired) electrons. The Hall–Kier alpha value is 0.0500. The van der Waals surface area contributed by atoms with Crippen LogP contribution in [-0.4, -0.2) is 44.6 Å². The Morgan fingerprint density at radius 3 is 2.35 bits per heavy atom. The zero-order valence-corrected chi connectivity index (χ0v) is 12.8. The molecule has 1 unspecified atom stereocenters. The van der Waals surface area contributed by atoms with Crippen molar-refractivity contribution in [1.82, 2.24) is 0 Å². The second kappa shape index (κ2) is 10.0. The average molecular weight is 262 g/mol. The molecule has 0 rings (SSSR count). The van der Waals surface area contributed by atoms with Crippen LogP contribution in [0.1, 0.15) is 45.4 Å². The molecule has 0 saturated carbocycles. The third-order valence-electron chi connectivity index (χ3n) is 2.57. The van der Waals surface area contributed by atoms with Crippen LogP contribution in [0.3, 0.4) is 0 Å². The van der Waals surface area contributed by atoms with E-state index < -0.39 is 8.00 Å². The Bertz CT molecular complexity index is 212. The molecule has 0 aliphatic carbocycles. The summed E-state index contributed by atoms with van der Waals surface area (Å²) in [4.78, 5) is 11.5. The van der Waals surface area contributed by atoms with Gasteiger partial charge in [0, 0.05) is 6.42 Å². The Balaban J connectivity index is 3.45. The van der Waals surface area contributed by atoms with Crippen molar-refractivity contribution in [3.05, 3.63) is 0 Å². The van der Waals surface area contributed by atoms with Crippen molar-refractivity contribution in [2.24, 2.45) is 0 Å². The third-order valence-corrected chi connectivity index (χ3v) is 3.56. The second-order valence-corrected chi connectivity index (χ2v) is 6.71. The van der Waals surface area contributed by atoms with E-state index in [1.54, 1.807) is 0 Å². The molecule has 0 fully saturated rings. The third kappa shape index (κ3) is 14.0. The lowest BCUT2D eigenvalue weighted by Gasteiger charge is -2.22. The number of likely N-dealkylation sites (N-methyl/N-ethyl adjacent to an activating group) is 1. The van der Waals surface area contributed by atoms with Crippen molar-refractivity contribution in [3.8, 4) is 0 Å². The molecule has 0 amide bonds. The number of hydrogen-bond acceptors (Lipinski definition) is 2. The lowest BCUT2D eigenvalue weighted by Crippen LogP contribution is -2.37. The van der Waals surface area contributed by atoms with Crippen LogP contribution >= 0.6 is 8.00 Å². The standard InChI is InChI=1S/C13H29NO2P/c1-5-6-7-8-9-10-13-17(15)16-12-11-14(2,3)4/h13H,5-12H2,1-4H3/q+1. The molecule has 0 aliphatic rings.